The molecule has 2 aromatic heterocycles. The molecule has 1 N–H and O–H groups in total. The summed E-state index contributed by atoms with van der Waals surface area (Å²) >= 11 is 1.55. The number of nitrogens with zero attached hydrogens (tertiary/aromatic N) is 1. The Balaban J connectivity index is 1.46. The van der Waals surface area contributed by atoms with E-state index < -0.39 is 0 Å². The molecule has 0 atom stereocenters. The number of ketones is 1. The van der Waals surface area contributed by atoms with Crippen LogP contribution in [0.15, 0.2) is 77.6 Å². The maximum absolute atomic E-state index is 12.3. The van der Waals surface area contributed by atoms with Crippen LogP contribution in [0.25, 0.3) is 32.8 Å². The minimum absolute atomic E-state index is 0.167. The van der Waals surface area contributed by atoms with Gasteiger partial charge in [-0.3, -0.25) is 9.89 Å². The van der Waals surface area contributed by atoms with Gasteiger partial charge in [0.1, 0.15) is 0 Å². The number of thiophene rings is 1. The van der Waals surface area contributed by atoms with Gasteiger partial charge in [-0.2, -0.15) is 16.4 Å². The lowest BCUT2D eigenvalue weighted by Crippen LogP contribution is -2.01. The van der Waals surface area contributed by atoms with Crippen LogP contribution in [-0.2, 0) is 6.42 Å². The van der Waals surface area contributed by atoms with Crippen molar-refractivity contribution in [2.75, 3.05) is 0 Å². The summed E-state index contributed by atoms with van der Waals surface area (Å²) in [5.41, 5.74) is 5.23. The topological polar surface area (TPSA) is 45.8 Å². The smallest absolute Gasteiger partial charge is 0.168 e. The van der Waals surface area contributed by atoms with Crippen LogP contribution in [0.1, 0.15) is 15.9 Å². The Labute approximate surface area is 160 Å². The molecule has 0 fully saturated rings. The van der Waals surface area contributed by atoms with Crippen LogP contribution in [0.5, 0.6) is 0 Å². The number of hydrogen-bond acceptors (Lipinski definition) is 3. The average Bonchev–Trinajstić information content (AvgIpc) is 3.38. The van der Waals surface area contributed by atoms with Gasteiger partial charge in [-0.05, 0) is 57.1 Å². The Morgan fingerprint density at radius 1 is 0.889 bits per heavy atom. The third kappa shape index (κ3) is 3.04. The van der Waals surface area contributed by atoms with Crippen LogP contribution in [-0.4, -0.2) is 16.0 Å². The van der Waals surface area contributed by atoms with Crippen molar-refractivity contribution in [3.8, 4) is 11.1 Å². The normalized spacial score (nSPS) is 11.3. The first-order chi connectivity index (χ1) is 13.3. The zero-order valence-corrected chi connectivity index (χ0v) is 15.3. The molecule has 0 aliphatic rings. The predicted octanol–water partition coefficient (Wildman–Crippen LogP) is 5.87. The Kier molecular flexibility index (Phi) is 3.84. The van der Waals surface area contributed by atoms with E-state index in [0.717, 1.165) is 27.4 Å². The number of Topliss-reactive ketones (excluding diaryl/α,β-unsaturated/α-hetero) is 1. The van der Waals surface area contributed by atoms with E-state index in [4.69, 9.17) is 0 Å². The molecule has 4 heteroatoms. The number of nitrogens with one attached hydrogen (secondary N) is 1. The summed E-state index contributed by atoms with van der Waals surface area (Å²) in [6.07, 6.45) is 2.28. The van der Waals surface area contributed by atoms with Crippen LogP contribution in [0, 0.1) is 0 Å². The molecule has 0 bridgehead atoms. The molecule has 0 amide bonds. The highest BCUT2D eigenvalue weighted by Gasteiger charge is 2.08. The number of carbonyl (C=O) groups is 1. The minimum Gasteiger partial charge on any atom is -0.294 e. The second kappa shape index (κ2) is 6.49. The third-order valence-electron chi connectivity index (χ3n) is 4.89. The molecule has 5 aromatic rings. The monoisotopic (exact) mass is 368 g/mol. The van der Waals surface area contributed by atoms with Gasteiger partial charge in [-0.25, -0.2) is 0 Å². The first kappa shape index (κ1) is 16.0. The zero-order valence-electron chi connectivity index (χ0n) is 14.5. The molecule has 0 unspecified atom stereocenters. The number of hydrogen-bond donors (Lipinski definition) is 1. The van der Waals surface area contributed by atoms with Gasteiger partial charge in [-0.1, -0.05) is 36.4 Å². The van der Waals surface area contributed by atoms with Crippen LogP contribution < -0.4 is 0 Å². The first-order valence-corrected chi connectivity index (χ1v) is 9.72. The van der Waals surface area contributed by atoms with Crippen LogP contribution in [0.2, 0.25) is 0 Å². The fraction of sp³-hybridized carbons (Fsp3) is 0.0435. The highest BCUT2D eigenvalue weighted by atomic mass is 32.1. The van der Waals surface area contributed by atoms with Crippen molar-refractivity contribution in [1.82, 2.24) is 10.2 Å². The van der Waals surface area contributed by atoms with Crippen molar-refractivity contribution in [1.29, 1.82) is 0 Å². The van der Waals surface area contributed by atoms with Crippen molar-refractivity contribution in [3.63, 3.8) is 0 Å². The van der Waals surface area contributed by atoms with Gasteiger partial charge in [0.15, 0.2) is 5.78 Å². The number of aromatic nitrogens is 2. The molecule has 3 aromatic carbocycles. The molecule has 0 saturated carbocycles. The lowest BCUT2D eigenvalue weighted by Gasteiger charge is -2.07. The SMILES string of the molecule is O=C(Cc1ccc2cc(-c3ccc4[nH]ncc4c3)ccc2c1)c1ccsc1. The summed E-state index contributed by atoms with van der Waals surface area (Å²) in [6, 6.07) is 20.9. The van der Waals surface area contributed by atoms with Gasteiger partial charge in [0.25, 0.3) is 0 Å². The van der Waals surface area contributed by atoms with Crippen molar-refractivity contribution in [2.45, 2.75) is 6.42 Å². The van der Waals surface area contributed by atoms with Gasteiger partial charge < -0.3 is 0 Å². The van der Waals surface area contributed by atoms with Crippen LogP contribution in [0.3, 0.4) is 0 Å². The second-order valence-electron chi connectivity index (χ2n) is 6.68. The van der Waals surface area contributed by atoms with Crippen molar-refractivity contribution in [3.05, 3.63) is 88.7 Å². The van der Waals surface area contributed by atoms with Crippen molar-refractivity contribution in [2.24, 2.45) is 0 Å². The van der Waals surface area contributed by atoms with E-state index in [9.17, 15) is 4.79 Å². The zero-order chi connectivity index (χ0) is 18.2. The average molecular weight is 368 g/mol. The fourth-order valence-electron chi connectivity index (χ4n) is 3.42. The van der Waals surface area contributed by atoms with E-state index in [-0.39, 0.29) is 5.78 Å². The van der Waals surface area contributed by atoms with E-state index in [1.54, 1.807) is 11.3 Å². The summed E-state index contributed by atoms with van der Waals surface area (Å²) < 4.78 is 0. The number of carbonyl (C=O) groups excluding carboxylic acids is 1. The summed E-state index contributed by atoms with van der Waals surface area (Å²) in [7, 11) is 0. The van der Waals surface area contributed by atoms with E-state index in [1.165, 1.54) is 16.5 Å². The molecular formula is C23H16N2OS. The Morgan fingerprint density at radius 2 is 1.67 bits per heavy atom. The van der Waals surface area contributed by atoms with Gasteiger partial charge in [-0.15, -0.1) is 0 Å². The lowest BCUT2D eigenvalue weighted by atomic mass is 9.97. The maximum atomic E-state index is 12.3. The van der Waals surface area contributed by atoms with E-state index in [1.807, 2.05) is 23.0 Å². The fourth-order valence-corrected chi connectivity index (χ4v) is 4.08. The summed E-state index contributed by atoms with van der Waals surface area (Å²) in [5, 5.41) is 14.3. The largest absolute Gasteiger partial charge is 0.294 e. The standard InChI is InChI=1S/C23H16N2OS/c26-23(20-7-8-27-14-20)10-15-1-2-17-11-18(4-3-16(17)9-15)19-5-6-22-21(12-19)13-24-25-22/h1-9,11-14H,10H2,(H,24,25). The predicted molar refractivity (Wildman–Crippen MR) is 111 cm³/mol. The van der Waals surface area contributed by atoms with Gasteiger partial charge in [0.2, 0.25) is 0 Å². The van der Waals surface area contributed by atoms with Gasteiger partial charge in [0.05, 0.1) is 11.7 Å². The molecule has 0 saturated heterocycles. The number of fused-ring (bicyclic) bond motifs is 2. The molecule has 5 rings (SSSR count). The highest BCUT2D eigenvalue weighted by molar-refractivity contribution is 7.08. The van der Waals surface area contributed by atoms with Crippen molar-refractivity contribution < 1.29 is 4.79 Å². The summed E-state index contributed by atoms with van der Waals surface area (Å²) in [6.45, 7) is 0. The molecule has 0 radical (unpaired) electrons. The number of rotatable bonds is 4. The number of aromatic amines is 1. The number of benzene rings is 3. The van der Waals surface area contributed by atoms with Crippen molar-refractivity contribution >= 4 is 38.8 Å². The minimum atomic E-state index is 0.167. The molecule has 0 spiro atoms. The van der Waals surface area contributed by atoms with E-state index in [0.29, 0.717) is 6.42 Å². The van der Waals surface area contributed by atoms with E-state index >= 15 is 0 Å². The quantitative estimate of drug-likeness (QED) is 0.403. The Morgan fingerprint density at radius 3 is 2.52 bits per heavy atom. The van der Waals surface area contributed by atoms with Gasteiger partial charge in [0, 0.05) is 22.8 Å². The van der Waals surface area contributed by atoms with Crippen LogP contribution in [0.4, 0.5) is 0 Å². The summed E-state index contributed by atoms with van der Waals surface area (Å²) in [4.78, 5) is 12.3. The lowest BCUT2D eigenvalue weighted by molar-refractivity contribution is 0.0993. The van der Waals surface area contributed by atoms with Crippen LogP contribution >= 0.6 is 11.3 Å². The highest BCUT2D eigenvalue weighted by Crippen LogP contribution is 2.27. The molecule has 2 heterocycles. The second-order valence-corrected chi connectivity index (χ2v) is 7.46. The number of H-pyrrole nitrogens is 1. The molecule has 130 valence electrons. The van der Waals surface area contributed by atoms with E-state index in [2.05, 4.69) is 64.8 Å². The maximum Gasteiger partial charge on any atom is 0.168 e. The molecule has 3 nitrogen and oxygen atoms in total. The Bertz CT molecular complexity index is 1270. The third-order valence-corrected chi connectivity index (χ3v) is 5.57. The Hall–Kier alpha value is -3.24. The molecule has 0 aliphatic heterocycles. The van der Waals surface area contributed by atoms with Gasteiger partial charge >= 0.3 is 0 Å². The summed E-state index contributed by atoms with van der Waals surface area (Å²) in [5.74, 6) is 0.167. The molecular weight excluding hydrogens is 352 g/mol. The molecule has 0 aliphatic carbocycles. The first-order valence-electron chi connectivity index (χ1n) is 8.78. The molecule has 27 heavy (non-hydrogen) atoms.